The largest absolute Gasteiger partial charge is 0.416 e. The second kappa shape index (κ2) is 4.48. The highest BCUT2D eigenvalue weighted by Crippen LogP contribution is 2.31. The number of hydrogen-bond donors (Lipinski definition) is 0. The van der Waals surface area contributed by atoms with Crippen LogP contribution in [0.25, 0.3) is 11.3 Å². The second-order valence-electron chi connectivity index (χ2n) is 4.35. The lowest BCUT2D eigenvalue weighted by molar-refractivity contribution is -0.137. The van der Waals surface area contributed by atoms with Crippen LogP contribution in [0.2, 0.25) is 0 Å². The number of halogens is 3. The van der Waals surface area contributed by atoms with Crippen LogP contribution in [0.3, 0.4) is 0 Å². The van der Waals surface area contributed by atoms with Crippen molar-refractivity contribution in [3.05, 3.63) is 41.6 Å². The molecule has 0 N–H and O–H groups in total. The van der Waals surface area contributed by atoms with Crippen molar-refractivity contribution in [1.29, 1.82) is 0 Å². The lowest BCUT2D eigenvalue weighted by Crippen LogP contribution is -2.03. The van der Waals surface area contributed by atoms with E-state index in [1.54, 1.807) is 6.07 Å². The first-order chi connectivity index (χ1) is 8.38. The fraction of sp³-hybridized carbons (Fsp3) is 0.308. The van der Waals surface area contributed by atoms with E-state index in [0.717, 1.165) is 17.8 Å². The molecule has 0 unspecified atom stereocenters. The molecule has 0 saturated carbocycles. The maximum Gasteiger partial charge on any atom is 0.416 e. The molecule has 0 saturated heterocycles. The number of nitrogens with zero attached hydrogens (tertiary/aromatic N) is 1. The highest BCUT2D eigenvalue weighted by molar-refractivity contribution is 5.58. The number of alkyl halides is 3. The minimum atomic E-state index is -4.32. The smallest absolute Gasteiger partial charge is 0.356 e. The zero-order valence-corrected chi connectivity index (χ0v) is 9.95. The van der Waals surface area contributed by atoms with Gasteiger partial charge in [0.2, 0.25) is 0 Å². The summed E-state index contributed by atoms with van der Waals surface area (Å²) in [4.78, 5) is 0. The van der Waals surface area contributed by atoms with Gasteiger partial charge in [-0.1, -0.05) is 31.1 Å². The Morgan fingerprint density at radius 1 is 1.11 bits per heavy atom. The average Bonchev–Trinajstić information content (AvgIpc) is 2.77. The molecular formula is C13H12F3NO. The summed E-state index contributed by atoms with van der Waals surface area (Å²) in [6.07, 6.45) is -4.32. The Kier molecular flexibility index (Phi) is 3.15. The Hall–Kier alpha value is -1.78. The van der Waals surface area contributed by atoms with E-state index < -0.39 is 11.7 Å². The summed E-state index contributed by atoms with van der Waals surface area (Å²) in [5, 5.41) is 3.87. The Bertz CT molecular complexity index is 526. The highest BCUT2D eigenvalue weighted by Gasteiger charge is 2.30. The normalized spacial score (nSPS) is 12.1. The third kappa shape index (κ3) is 2.55. The fourth-order valence-electron chi connectivity index (χ4n) is 1.52. The monoisotopic (exact) mass is 255 g/mol. The van der Waals surface area contributed by atoms with Crippen molar-refractivity contribution in [2.24, 2.45) is 0 Å². The molecule has 0 bridgehead atoms. The number of rotatable bonds is 2. The van der Waals surface area contributed by atoms with Crippen LogP contribution in [0.5, 0.6) is 0 Å². The van der Waals surface area contributed by atoms with Crippen molar-refractivity contribution >= 4 is 0 Å². The summed E-state index contributed by atoms with van der Waals surface area (Å²) in [7, 11) is 0. The van der Waals surface area contributed by atoms with E-state index in [1.165, 1.54) is 12.1 Å². The molecule has 0 aliphatic heterocycles. The fourth-order valence-corrected chi connectivity index (χ4v) is 1.52. The molecule has 0 atom stereocenters. The molecule has 2 rings (SSSR count). The molecule has 5 heteroatoms. The lowest BCUT2D eigenvalue weighted by atomic mass is 10.1. The molecule has 1 aromatic heterocycles. The van der Waals surface area contributed by atoms with Gasteiger partial charge in [-0.15, -0.1) is 0 Å². The SMILES string of the molecule is CC(C)c1cc(-c2ccc(C(F)(F)F)cc2)on1. The van der Waals surface area contributed by atoms with Gasteiger partial charge in [0, 0.05) is 11.6 Å². The maximum absolute atomic E-state index is 12.4. The molecule has 96 valence electrons. The molecule has 1 heterocycles. The molecule has 1 aromatic carbocycles. The number of hydrogen-bond acceptors (Lipinski definition) is 2. The van der Waals surface area contributed by atoms with Gasteiger partial charge in [-0.05, 0) is 18.1 Å². The lowest BCUT2D eigenvalue weighted by Gasteiger charge is -2.06. The highest BCUT2D eigenvalue weighted by atomic mass is 19.4. The first kappa shape index (κ1) is 12.7. The van der Waals surface area contributed by atoms with Crippen molar-refractivity contribution in [2.75, 3.05) is 0 Å². The standard InChI is InChI=1S/C13H12F3NO/c1-8(2)11-7-12(18-17-11)9-3-5-10(6-4-9)13(14,15)16/h3-8H,1-2H3. The predicted molar refractivity (Wildman–Crippen MR) is 61.0 cm³/mol. The van der Waals surface area contributed by atoms with Crippen LogP contribution in [-0.4, -0.2) is 5.16 Å². The van der Waals surface area contributed by atoms with Crippen LogP contribution in [0, 0.1) is 0 Å². The molecule has 0 aliphatic rings. The Labute approximate surface area is 102 Å². The summed E-state index contributed by atoms with van der Waals surface area (Å²) >= 11 is 0. The van der Waals surface area contributed by atoms with Gasteiger partial charge in [-0.3, -0.25) is 0 Å². The van der Waals surface area contributed by atoms with Crippen LogP contribution in [-0.2, 0) is 6.18 Å². The van der Waals surface area contributed by atoms with Gasteiger partial charge in [-0.2, -0.15) is 13.2 Å². The van der Waals surface area contributed by atoms with Crippen molar-refractivity contribution in [3.63, 3.8) is 0 Å². The van der Waals surface area contributed by atoms with E-state index in [4.69, 9.17) is 4.52 Å². The summed E-state index contributed by atoms with van der Waals surface area (Å²) in [6, 6.07) is 6.58. The Balaban J connectivity index is 2.29. The van der Waals surface area contributed by atoms with E-state index in [9.17, 15) is 13.2 Å². The third-order valence-corrected chi connectivity index (χ3v) is 2.62. The third-order valence-electron chi connectivity index (χ3n) is 2.62. The van der Waals surface area contributed by atoms with E-state index in [-0.39, 0.29) is 5.92 Å². The minimum absolute atomic E-state index is 0.219. The van der Waals surface area contributed by atoms with Gasteiger partial charge < -0.3 is 4.52 Å². The topological polar surface area (TPSA) is 26.0 Å². The van der Waals surface area contributed by atoms with Crippen molar-refractivity contribution in [3.8, 4) is 11.3 Å². The van der Waals surface area contributed by atoms with E-state index >= 15 is 0 Å². The van der Waals surface area contributed by atoms with E-state index in [2.05, 4.69) is 5.16 Å². The summed E-state index contributed by atoms with van der Waals surface area (Å²) in [5.41, 5.74) is 0.696. The van der Waals surface area contributed by atoms with Crippen molar-refractivity contribution in [2.45, 2.75) is 25.9 Å². The molecule has 2 nitrogen and oxygen atoms in total. The Morgan fingerprint density at radius 2 is 1.72 bits per heavy atom. The van der Waals surface area contributed by atoms with E-state index in [1.807, 2.05) is 13.8 Å². The van der Waals surface area contributed by atoms with Gasteiger partial charge >= 0.3 is 6.18 Å². The summed E-state index contributed by atoms with van der Waals surface area (Å²) in [5.74, 6) is 0.698. The summed E-state index contributed by atoms with van der Waals surface area (Å²) in [6.45, 7) is 3.93. The zero-order valence-electron chi connectivity index (χ0n) is 9.95. The number of benzene rings is 1. The first-order valence-electron chi connectivity index (χ1n) is 5.52. The number of aromatic nitrogens is 1. The molecule has 0 fully saturated rings. The molecule has 0 aliphatic carbocycles. The maximum atomic E-state index is 12.4. The average molecular weight is 255 g/mol. The molecule has 2 aromatic rings. The van der Waals surface area contributed by atoms with Gasteiger partial charge in [0.25, 0.3) is 0 Å². The van der Waals surface area contributed by atoms with Crippen LogP contribution >= 0.6 is 0 Å². The quantitative estimate of drug-likeness (QED) is 0.790. The van der Waals surface area contributed by atoms with Gasteiger partial charge in [0.1, 0.15) is 0 Å². The van der Waals surface area contributed by atoms with Gasteiger partial charge in [0.15, 0.2) is 5.76 Å². The van der Waals surface area contributed by atoms with Crippen LogP contribution < -0.4 is 0 Å². The molecular weight excluding hydrogens is 243 g/mol. The van der Waals surface area contributed by atoms with Gasteiger partial charge in [0.05, 0.1) is 11.3 Å². The molecule has 0 spiro atoms. The summed E-state index contributed by atoms with van der Waals surface area (Å²) < 4.78 is 42.3. The predicted octanol–water partition coefficient (Wildman–Crippen LogP) is 4.48. The zero-order chi connectivity index (χ0) is 13.3. The second-order valence-corrected chi connectivity index (χ2v) is 4.35. The Morgan fingerprint density at radius 3 is 2.17 bits per heavy atom. The minimum Gasteiger partial charge on any atom is -0.356 e. The molecule has 0 amide bonds. The van der Waals surface area contributed by atoms with E-state index in [0.29, 0.717) is 11.3 Å². The molecule has 18 heavy (non-hydrogen) atoms. The van der Waals surface area contributed by atoms with Gasteiger partial charge in [-0.25, -0.2) is 0 Å². The van der Waals surface area contributed by atoms with Crippen LogP contribution in [0.4, 0.5) is 13.2 Å². The first-order valence-corrected chi connectivity index (χ1v) is 5.52. The molecule has 0 radical (unpaired) electrons. The van der Waals surface area contributed by atoms with Crippen LogP contribution in [0.1, 0.15) is 31.0 Å². The van der Waals surface area contributed by atoms with Crippen molar-refractivity contribution in [1.82, 2.24) is 5.16 Å². The van der Waals surface area contributed by atoms with Crippen molar-refractivity contribution < 1.29 is 17.7 Å². The van der Waals surface area contributed by atoms with Crippen LogP contribution in [0.15, 0.2) is 34.9 Å².